The lowest BCUT2D eigenvalue weighted by molar-refractivity contribution is -0.324. The van der Waals surface area contributed by atoms with E-state index < -0.39 is 76.3 Å². The Morgan fingerprint density at radius 2 is 1.94 bits per heavy atom. The zero-order chi connectivity index (χ0) is 23.4. The lowest BCUT2D eigenvalue weighted by atomic mass is 9.37. The van der Waals surface area contributed by atoms with Crippen LogP contribution >= 0.6 is 0 Å². The van der Waals surface area contributed by atoms with Gasteiger partial charge in [0.2, 0.25) is 5.60 Å². The van der Waals surface area contributed by atoms with Crippen LogP contribution in [-0.4, -0.2) is 80.9 Å². The van der Waals surface area contributed by atoms with E-state index in [0.29, 0.717) is 5.57 Å². The van der Waals surface area contributed by atoms with Crippen molar-refractivity contribution < 1.29 is 49.0 Å². The summed E-state index contributed by atoms with van der Waals surface area (Å²) in [6.07, 6.45) is -5.07. The number of carbonyl (C=O) groups excluding carboxylic acids is 3. The number of ketones is 1. The number of carbonyl (C=O) groups is 3. The number of rotatable bonds is 2. The van der Waals surface area contributed by atoms with Gasteiger partial charge >= 0.3 is 11.9 Å². The molecule has 2 saturated heterocycles. The second-order valence-corrected chi connectivity index (χ2v) is 10.1. The molecule has 0 aromatic rings. The van der Waals surface area contributed by atoms with Gasteiger partial charge < -0.3 is 34.6 Å². The number of Topliss-reactive ketones (excluding diaryl/α,β-unsaturated/α-hetero) is 1. The molecule has 32 heavy (non-hydrogen) atoms. The van der Waals surface area contributed by atoms with Crippen molar-refractivity contribution in [3.8, 4) is 0 Å². The molecule has 2 aliphatic heterocycles. The Morgan fingerprint density at radius 3 is 2.59 bits per heavy atom. The average molecular weight is 452 g/mol. The van der Waals surface area contributed by atoms with Crippen LogP contribution in [0, 0.1) is 22.7 Å². The first-order valence-corrected chi connectivity index (χ1v) is 10.9. The summed E-state index contributed by atoms with van der Waals surface area (Å²) in [7, 11) is 0. The third kappa shape index (κ3) is 2.04. The van der Waals surface area contributed by atoms with E-state index in [1.807, 2.05) is 0 Å². The van der Waals surface area contributed by atoms with Crippen molar-refractivity contribution in [2.45, 2.75) is 69.5 Å². The largest absolute Gasteiger partial charge is 0.504 e. The van der Waals surface area contributed by atoms with E-state index in [-0.39, 0.29) is 31.8 Å². The molecule has 0 amide bonds. The van der Waals surface area contributed by atoms with Gasteiger partial charge in [-0.05, 0) is 37.2 Å². The predicted octanol–water partition coefficient (Wildman–Crippen LogP) is -0.466. The van der Waals surface area contributed by atoms with Gasteiger partial charge in [-0.2, -0.15) is 0 Å². The van der Waals surface area contributed by atoms with Crippen LogP contribution in [0.2, 0.25) is 0 Å². The van der Waals surface area contributed by atoms with E-state index in [9.17, 15) is 34.8 Å². The number of allylic oxidation sites excluding steroid dienone is 2. The van der Waals surface area contributed by atoms with Gasteiger partial charge in [-0.3, -0.25) is 9.59 Å². The lowest BCUT2D eigenvalue weighted by Gasteiger charge is -2.68. The van der Waals surface area contributed by atoms with Gasteiger partial charge in [0.25, 0.3) is 0 Å². The van der Waals surface area contributed by atoms with Gasteiger partial charge in [-0.1, -0.05) is 6.92 Å². The summed E-state index contributed by atoms with van der Waals surface area (Å²) in [5.74, 6) is -4.11. The zero-order valence-corrected chi connectivity index (χ0v) is 18.2. The SMILES string of the molecule is CCOC(=O)C12OCC34C(CC5C(C)=C(O)C(=O)CC5(C)C3C(O)C1O)OC(=O)CC24O. The molecule has 9 atom stereocenters. The molecule has 10 nitrogen and oxygen atoms in total. The first kappa shape index (κ1) is 21.8. The van der Waals surface area contributed by atoms with Gasteiger partial charge in [0.1, 0.15) is 17.8 Å². The molecule has 9 unspecified atom stereocenters. The molecule has 0 aromatic heterocycles. The summed E-state index contributed by atoms with van der Waals surface area (Å²) in [6.45, 7) is 4.60. The molecule has 1 spiro atoms. The molecule has 4 fully saturated rings. The number of hydrogen-bond donors (Lipinski definition) is 4. The number of ether oxygens (including phenoxy) is 3. The topological polar surface area (TPSA) is 160 Å². The summed E-state index contributed by atoms with van der Waals surface area (Å²) in [5.41, 5.74) is -6.64. The molecular formula is C22H28O10. The molecule has 176 valence electrons. The van der Waals surface area contributed by atoms with Crippen LogP contribution in [0.15, 0.2) is 11.3 Å². The van der Waals surface area contributed by atoms with Crippen molar-refractivity contribution in [2.24, 2.45) is 22.7 Å². The van der Waals surface area contributed by atoms with Gasteiger partial charge in [0.15, 0.2) is 11.5 Å². The first-order chi connectivity index (χ1) is 14.9. The molecule has 5 rings (SSSR count). The minimum atomic E-state index is -2.37. The summed E-state index contributed by atoms with van der Waals surface area (Å²) in [6, 6.07) is 0. The summed E-state index contributed by atoms with van der Waals surface area (Å²) < 4.78 is 16.7. The second-order valence-electron chi connectivity index (χ2n) is 10.1. The van der Waals surface area contributed by atoms with Crippen molar-refractivity contribution >= 4 is 17.7 Å². The average Bonchev–Trinajstić information content (AvgIpc) is 2.91. The minimum Gasteiger partial charge on any atom is -0.504 e. The van der Waals surface area contributed by atoms with Crippen LogP contribution in [-0.2, 0) is 28.6 Å². The molecule has 5 aliphatic rings. The van der Waals surface area contributed by atoms with Crippen molar-refractivity contribution in [1.82, 2.24) is 0 Å². The Hall–Kier alpha value is -2.01. The van der Waals surface area contributed by atoms with Crippen molar-refractivity contribution in [1.29, 1.82) is 0 Å². The fraction of sp³-hybridized carbons (Fsp3) is 0.773. The Balaban J connectivity index is 1.77. The fourth-order valence-electron chi connectivity index (χ4n) is 7.84. The van der Waals surface area contributed by atoms with E-state index in [0.717, 1.165) is 0 Å². The Morgan fingerprint density at radius 1 is 1.25 bits per heavy atom. The van der Waals surface area contributed by atoms with Gasteiger partial charge in [0.05, 0.1) is 31.2 Å². The van der Waals surface area contributed by atoms with E-state index in [1.54, 1.807) is 20.8 Å². The minimum absolute atomic E-state index is 0.0648. The summed E-state index contributed by atoms with van der Waals surface area (Å²) in [4.78, 5) is 38.4. The summed E-state index contributed by atoms with van der Waals surface area (Å²) >= 11 is 0. The maximum absolute atomic E-state index is 13.1. The van der Waals surface area contributed by atoms with E-state index in [4.69, 9.17) is 14.2 Å². The monoisotopic (exact) mass is 452 g/mol. The number of esters is 2. The Kier molecular flexibility index (Phi) is 4.30. The summed E-state index contributed by atoms with van der Waals surface area (Å²) in [5, 5.41) is 45.2. The molecule has 2 saturated carbocycles. The first-order valence-electron chi connectivity index (χ1n) is 10.9. The van der Waals surface area contributed by atoms with Crippen LogP contribution in [0.3, 0.4) is 0 Å². The molecule has 2 bridgehead atoms. The number of aliphatic hydroxyl groups excluding tert-OH is 3. The molecule has 2 heterocycles. The van der Waals surface area contributed by atoms with Crippen LogP contribution in [0.1, 0.15) is 40.0 Å². The number of fused-ring (bicyclic) bond motifs is 2. The quantitative estimate of drug-likeness (QED) is 0.404. The molecule has 3 aliphatic carbocycles. The zero-order valence-electron chi connectivity index (χ0n) is 18.2. The highest BCUT2D eigenvalue weighted by Gasteiger charge is 2.89. The standard InChI is InChI=1S/C22H28O10/c1-4-30-18(28)22-17(27)15(26)16-19(3)6-11(23)14(25)9(2)10(19)5-12-20(16,8-31-22)21(22,29)7-13(24)32-12/h10,12,15-17,25-27,29H,4-8H2,1-3H3. The lowest BCUT2D eigenvalue weighted by Crippen LogP contribution is -2.84. The maximum Gasteiger partial charge on any atom is 0.344 e. The third-order valence-corrected chi connectivity index (χ3v) is 9.04. The normalized spacial score (nSPS) is 51.6. The highest BCUT2D eigenvalue weighted by molar-refractivity contribution is 5.95. The Bertz CT molecular complexity index is 958. The molecule has 0 aromatic carbocycles. The van der Waals surface area contributed by atoms with Crippen LogP contribution < -0.4 is 0 Å². The van der Waals surface area contributed by atoms with E-state index in [1.165, 1.54) is 0 Å². The highest BCUT2D eigenvalue weighted by Crippen LogP contribution is 2.73. The highest BCUT2D eigenvalue weighted by atomic mass is 16.6. The smallest absolute Gasteiger partial charge is 0.344 e. The van der Waals surface area contributed by atoms with Crippen LogP contribution in [0.4, 0.5) is 0 Å². The molecule has 4 N–H and O–H groups in total. The fourth-order valence-corrected chi connectivity index (χ4v) is 7.84. The van der Waals surface area contributed by atoms with Crippen molar-refractivity contribution in [2.75, 3.05) is 13.2 Å². The van der Waals surface area contributed by atoms with Gasteiger partial charge in [-0.15, -0.1) is 0 Å². The van der Waals surface area contributed by atoms with Crippen molar-refractivity contribution in [3.63, 3.8) is 0 Å². The predicted molar refractivity (Wildman–Crippen MR) is 104 cm³/mol. The molecular weight excluding hydrogens is 424 g/mol. The van der Waals surface area contributed by atoms with E-state index in [2.05, 4.69) is 0 Å². The second kappa shape index (κ2) is 6.31. The number of aliphatic hydroxyl groups is 4. The van der Waals surface area contributed by atoms with Crippen molar-refractivity contribution in [3.05, 3.63) is 11.3 Å². The Labute approximate surface area is 184 Å². The maximum atomic E-state index is 13.1. The third-order valence-electron chi connectivity index (χ3n) is 9.04. The molecule has 10 heteroatoms. The number of hydrogen-bond acceptors (Lipinski definition) is 10. The molecule has 0 radical (unpaired) electrons. The van der Waals surface area contributed by atoms with E-state index >= 15 is 0 Å². The van der Waals surface area contributed by atoms with Gasteiger partial charge in [-0.25, -0.2) is 4.79 Å². The van der Waals surface area contributed by atoms with Crippen LogP contribution in [0.5, 0.6) is 0 Å². The van der Waals surface area contributed by atoms with Crippen LogP contribution in [0.25, 0.3) is 0 Å². The van der Waals surface area contributed by atoms with Gasteiger partial charge in [0, 0.05) is 12.3 Å².